The van der Waals surface area contributed by atoms with E-state index in [0.717, 1.165) is 14.8 Å². The average molecular weight is 492 g/mol. The van der Waals surface area contributed by atoms with Gasteiger partial charge in [0.05, 0.1) is 11.3 Å². The number of nitrogens with zero attached hydrogens (tertiary/aromatic N) is 3. The minimum atomic E-state index is -0.445. The number of anilines is 1. The Kier molecular flexibility index (Phi) is 4.56. The zero-order valence-corrected chi connectivity index (χ0v) is 17.3. The number of rotatable bonds is 3. The first-order valence-electron chi connectivity index (χ1n) is 7.91. The number of halogens is 1. The molecule has 0 atom stereocenters. The van der Waals surface area contributed by atoms with E-state index in [1.54, 1.807) is 14.0 Å². The second kappa shape index (κ2) is 6.89. The molecule has 0 aliphatic carbocycles. The number of aryl methyl sites for hydroxylation is 2. The second-order valence-electron chi connectivity index (χ2n) is 5.87. The molecule has 0 radical (unpaired) electrons. The summed E-state index contributed by atoms with van der Waals surface area (Å²) in [5.74, 6) is -0.104. The monoisotopic (exact) mass is 492 g/mol. The Hall–Kier alpha value is -2.53. The molecule has 3 heterocycles. The number of benzene rings is 1. The van der Waals surface area contributed by atoms with Crippen LogP contribution in [0.5, 0.6) is 0 Å². The van der Waals surface area contributed by atoms with E-state index in [0.29, 0.717) is 10.9 Å². The van der Waals surface area contributed by atoms with E-state index in [2.05, 4.69) is 37.9 Å². The summed E-state index contributed by atoms with van der Waals surface area (Å²) in [6, 6.07) is 7.95. The Morgan fingerprint density at radius 3 is 2.78 bits per heavy atom. The molecule has 1 aromatic carbocycles. The fourth-order valence-corrected chi connectivity index (χ4v) is 3.78. The largest absolute Gasteiger partial charge is 0.442 e. The first-order chi connectivity index (χ1) is 12.9. The van der Waals surface area contributed by atoms with Crippen LogP contribution >= 0.6 is 33.9 Å². The Labute approximate surface area is 171 Å². The number of furan rings is 1. The van der Waals surface area contributed by atoms with E-state index < -0.39 is 5.91 Å². The number of carbonyl (C=O) groups excluding carboxylic acids is 1. The van der Waals surface area contributed by atoms with Gasteiger partial charge in [0.1, 0.15) is 17.5 Å². The van der Waals surface area contributed by atoms with E-state index in [-0.39, 0.29) is 22.2 Å². The number of aromatic nitrogens is 3. The summed E-state index contributed by atoms with van der Waals surface area (Å²) in [6.07, 6.45) is 1.36. The molecule has 3 aromatic heterocycles. The van der Waals surface area contributed by atoms with Gasteiger partial charge in [-0.2, -0.15) is 0 Å². The van der Waals surface area contributed by atoms with Crippen molar-refractivity contribution < 1.29 is 9.21 Å². The van der Waals surface area contributed by atoms with Crippen molar-refractivity contribution in [3.63, 3.8) is 0 Å². The lowest BCUT2D eigenvalue weighted by atomic mass is 10.2. The number of thiazole rings is 1. The van der Waals surface area contributed by atoms with Crippen LogP contribution < -0.4 is 10.9 Å². The molecule has 1 amide bonds. The van der Waals surface area contributed by atoms with Crippen LogP contribution in [0.15, 0.2) is 45.2 Å². The summed E-state index contributed by atoms with van der Waals surface area (Å²) < 4.78 is 7.92. The maximum absolute atomic E-state index is 12.8. The highest BCUT2D eigenvalue weighted by molar-refractivity contribution is 14.1. The van der Waals surface area contributed by atoms with Crippen molar-refractivity contribution in [2.45, 2.75) is 6.92 Å². The molecule has 7 nitrogen and oxygen atoms in total. The molecule has 0 bridgehead atoms. The predicted molar refractivity (Wildman–Crippen MR) is 112 cm³/mol. The van der Waals surface area contributed by atoms with Crippen molar-refractivity contribution in [1.82, 2.24) is 14.5 Å². The van der Waals surface area contributed by atoms with Crippen molar-refractivity contribution in [1.29, 1.82) is 0 Å². The van der Waals surface area contributed by atoms with Crippen molar-refractivity contribution in [3.8, 4) is 11.3 Å². The fourth-order valence-electron chi connectivity index (χ4n) is 2.70. The van der Waals surface area contributed by atoms with Gasteiger partial charge < -0.3 is 8.98 Å². The molecule has 4 aromatic rings. The Morgan fingerprint density at radius 1 is 1.30 bits per heavy atom. The van der Waals surface area contributed by atoms with E-state index in [9.17, 15) is 9.59 Å². The van der Waals surface area contributed by atoms with E-state index in [1.807, 2.05) is 29.6 Å². The third-order valence-electron chi connectivity index (χ3n) is 4.04. The minimum absolute atomic E-state index is 0.152. The zero-order chi connectivity index (χ0) is 19.1. The maximum Gasteiger partial charge on any atom is 0.265 e. The quantitative estimate of drug-likeness (QED) is 0.440. The minimum Gasteiger partial charge on any atom is -0.442 e. The van der Waals surface area contributed by atoms with Gasteiger partial charge in [0.2, 0.25) is 5.71 Å². The molecule has 0 saturated carbocycles. The van der Waals surface area contributed by atoms with Gasteiger partial charge in [0, 0.05) is 21.6 Å². The second-order valence-corrected chi connectivity index (χ2v) is 7.98. The lowest BCUT2D eigenvalue weighted by Crippen LogP contribution is -2.20. The van der Waals surface area contributed by atoms with Gasteiger partial charge >= 0.3 is 0 Å². The van der Waals surface area contributed by atoms with Crippen LogP contribution in [-0.4, -0.2) is 20.4 Å². The molecular weight excluding hydrogens is 479 g/mol. The van der Waals surface area contributed by atoms with Crippen LogP contribution in [0.3, 0.4) is 0 Å². The van der Waals surface area contributed by atoms with Crippen molar-refractivity contribution in [3.05, 3.63) is 61.2 Å². The third-order valence-corrected chi connectivity index (χ3v) is 5.52. The van der Waals surface area contributed by atoms with Crippen LogP contribution in [0, 0.1) is 10.5 Å². The molecule has 4 rings (SSSR count). The van der Waals surface area contributed by atoms with Gasteiger partial charge in [-0.3, -0.25) is 14.9 Å². The Balaban J connectivity index is 1.67. The number of carbonyl (C=O) groups is 1. The number of hydrogen-bond acceptors (Lipinski definition) is 6. The summed E-state index contributed by atoms with van der Waals surface area (Å²) in [5.41, 5.74) is 1.75. The molecular formula is C18H13IN4O3S. The van der Waals surface area contributed by atoms with Gasteiger partial charge in [-0.1, -0.05) is 12.1 Å². The number of nitrogens with one attached hydrogen (secondary N) is 1. The SMILES string of the molecule is Cc1oc2ncn(C)c(=O)c2c1C(=O)Nc1nc(-c2ccc(I)cc2)cs1. The number of fused-ring (bicyclic) bond motifs is 1. The molecule has 0 spiro atoms. The highest BCUT2D eigenvalue weighted by Crippen LogP contribution is 2.27. The summed E-state index contributed by atoms with van der Waals surface area (Å²) in [6.45, 7) is 1.63. The summed E-state index contributed by atoms with van der Waals surface area (Å²) >= 11 is 3.56. The van der Waals surface area contributed by atoms with Gasteiger partial charge in [-0.05, 0) is 41.6 Å². The van der Waals surface area contributed by atoms with E-state index in [1.165, 1.54) is 22.2 Å². The Morgan fingerprint density at radius 2 is 2.04 bits per heavy atom. The van der Waals surface area contributed by atoms with Crippen LogP contribution in [0.1, 0.15) is 16.1 Å². The summed E-state index contributed by atoms with van der Waals surface area (Å²) in [5, 5.41) is 5.25. The summed E-state index contributed by atoms with van der Waals surface area (Å²) in [7, 11) is 1.58. The molecule has 0 aliphatic rings. The van der Waals surface area contributed by atoms with Gasteiger partial charge in [-0.25, -0.2) is 9.97 Å². The lowest BCUT2D eigenvalue weighted by molar-refractivity contribution is 0.102. The third kappa shape index (κ3) is 3.28. The van der Waals surface area contributed by atoms with Crippen LogP contribution in [0.4, 0.5) is 5.13 Å². The molecule has 9 heteroatoms. The van der Waals surface area contributed by atoms with Gasteiger partial charge in [0.15, 0.2) is 5.13 Å². The number of amides is 1. The van der Waals surface area contributed by atoms with Crippen LogP contribution in [0.2, 0.25) is 0 Å². The highest BCUT2D eigenvalue weighted by Gasteiger charge is 2.23. The molecule has 27 heavy (non-hydrogen) atoms. The highest BCUT2D eigenvalue weighted by atomic mass is 127. The van der Waals surface area contributed by atoms with E-state index in [4.69, 9.17) is 4.42 Å². The topological polar surface area (TPSA) is 90.0 Å². The normalized spacial score (nSPS) is 11.1. The predicted octanol–water partition coefficient (Wildman–Crippen LogP) is 3.82. The van der Waals surface area contributed by atoms with Crippen molar-refractivity contribution in [2.24, 2.45) is 7.05 Å². The fraction of sp³-hybridized carbons (Fsp3) is 0.111. The molecule has 1 N–H and O–H groups in total. The lowest BCUT2D eigenvalue weighted by Gasteiger charge is -2.01. The van der Waals surface area contributed by atoms with Crippen molar-refractivity contribution in [2.75, 3.05) is 5.32 Å². The molecule has 0 fully saturated rings. The molecule has 0 unspecified atom stereocenters. The molecule has 0 aliphatic heterocycles. The summed E-state index contributed by atoms with van der Waals surface area (Å²) in [4.78, 5) is 33.7. The van der Waals surface area contributed by atoms with Crippen LogP contribution in [0.25, 0.3) is 22.4 Å². The molecule has 0 saturated heterocycles. The van der Waals surface area contributed by atoms with Crippen LogP contribution in [-0.2, 0) is 7.05 Å². The first kappa shape index (κ1) is 17.9. The zero-order valence-electron chi connectivity index (χ0n) is 14.3. The first-order valence-corrected chi connectivity index (χ1v) is 9.87. The van der Waals surface area contributed by atoms with Crippen molar-refractivity contribution >= 4 is 56.1 Å². The number of hydrogen-bond donors (Lipinski definition) is 1. The Bertz CT molecular complexity index is 1220. The van der Waals surface area contributed by atoms with Gasteiger partial charge in [-0.15, -0.1) is 11.3 Å². The molecule has 136 valence electrons. The maximum atomic E-state index is 12.8. The standard InChI is InChI=1S/C18H13IN4O3S/c1-9-13(14-16(26-9)20-8-23(2)17(14)25)15(24)22-18-21-12(7-27-18)10-3-5-11(19)6-4-10/h3-8H,1-2H3,(H,21,22,24). The smallest absolute Gasteiger partial charge is 0.265 e. The van der Waals surface area contributed by atoms with E-state index >= 15 is 0 Å². The van der Waals surface area contributed by atoms with Gasteiger partial charge in [0.25, 0.3) is 11.5 Å². The average Bonchev–Trinajstić information content (AvgIpc) is 3.23.